The predicted molar refractivity (Wildman–Crippen MR) is 93.9 cm³/mol. The molecular weight excluding hydrogens is 378 g/mol. The normalized spacial score (nSPS) is 11.5. The summed E-state index contributed by atoms with van der Waals surface area (Å²) in [6.07, 6.45) is -0.771. The first-order chi connectivity index (χ1) is 11.3. The van der Waals surface area contributed by atoms with E-state index in [4.69, 9.17) is 0 Å². The quantitative estimate of drug-likeness (QED) is 0.633. The highest BCUT2D eigenvalue weighted by molar-refractivity contribution is 9.10. The van der Waals surface area contributed by atoms with E-state index in [1.165, 1.54) is 0 Å². The second kappa shape index (κ2) is 10.0. The van der Waals surface area contributed by atoms with Gasteiger partial charge in [-0.05, 0) is 44.5 Å². The minimum Gasteiger partial charge on any atom is -0.450 e. The molecule has 0 bridgehead atoms. The van der Waals surface area contributed by atoms with Gasteiger partial charge < -0.3 is 15.0 Å². The van der Waals surface area contributed by atoms with Crippen molar-refractivity contribution in [1.29, 1.82) is 0 Å². The number of benzene rings is 1. The second-order valence-corrected chi connectivity index (χ2v) is 6.09. The molecule has 0 aliphatic carbocycles. The maximum absolute atomic E-state index is 12.1. The zero-order valence-corrected chi connectivity index (χ0v) is 15.7. The van der Waals surface area contributed by atoms with Crippen molar-refractivity contribution in [2.24, 2.45) is 0 Å². The largest absolute Gasteiger partial charge is 0.450 e. The number of carbonyl (C=O) groups is 3. The molecule has 1 rings (SSSR count). The molecule has 0 spiro atoms. The minimum atomic E-state index is -0.771. The summed E-state index contributed by atoms with van der Waals surface area (Å²) in [5, 5.41) is 4.93. The van der Waals surface area contributed by atoms with E-state index in [9.17, 15) is 14.4 Å². The highest BCUT2D eigenvalue weighted by Crippen LogP contribution is 2.19. The molecule has 3 N–H and O–H groups in total. The summed E-state index contributed by atoms with van der Waals surface area (Å²) in [5.74, 6) is -0.671. The highest BCUT2D eigenvalue weighted by Gasteiger charge is 2.18. The van der Waals surface area contributed by atoms with E-state index < -0.39 is 12.0 Å². The van der Waals surface area contributed by atoms with Gasteiger partial charge in [-0.15, -0.1) is 0 Å². The average molecular weight is 401 g/mol. The van der Waals surface area contributed by atoms with Gasteiger partial charge in [0.15, 0.2) is 13.1 Å². The van der Waals surface area contributed by atoms with Crippen LogP contribution in [-0.4, -0.2) is 44.1 Å². The van der Waals surface area contributed by atoms with Crippen molar-refractivity contribution in [3.63, 3.8) is 0 Å². The minimum absolute atomic E-state index is 0.0160. The van der Waals surface area contributed by atoms with Gasteiger partial charge >= 0.3 is 6.09 Å². The fraction of sp³-hybridized carbons (Fsp3) is 0.438. The van der Waals surface area contributed by atoms with Crippen molar-refractivity contribution in [3.05, 3.63) is 28.2 Å². The molecule has 1 unspecified atom stereocenters. The Morgan fingerprint density at radius 2 is 1.83 bits per heavy atom. The number of halogens is 1. The van der Waals surface area contributed by atoms with Gasteiger partial charge in [-0.25, -0.2) is 4.79 Å². The molecular formula is C16H23BrN3O4+. The number of likely N-dealkylation sites (N-methyl/N-ethyl adjacent to an activating group) is 1. The summed E-state index contributed by atoms with van der Waals surface area (Å²) in [7, 11) is 0. The van der Waals surface area contributed by atoms with Gasteiger partial charge in [-0.1, -0.05) is 15.9 Å². The van der Waals surface area contributed by atoms with Crippen LogP contribution in [0.4, 0.5) is 10.5 Å². The van der Waals surface area contributed by atoms with Crippen LogP contribution in [0.3, 0.4) is 0 Å². The molecule has 0 aromatic heterocycles. The molecule has 24 heavy (non-hydrogen) atoms. The molecule has 0 radical (unpaired) electrons. The van der Waals surface area contributed by atoms with Gasteiger partial charge in [0.25, 0.3) is 11.8 Å². The van der Waals surface area contributed by atoms with E-state index in [1.54, 1.807) is 13.0 Å². The SMILES string of the molecule is CCOC(=O)NC(=O)C[NH+](CC)CC(=O)Nc1ccc(Br)c(C)c1. The Hall–Kier alpha value is -1.93. The summed E-state index contributed by atoms with van der Waals surface area (Å²) < 4.78 is 5.61. The Morgan fingerprint density at radius 3 is 2.42 bits per heavy atom. The second-order valence-electron chi connectivity index (χ2n) is 5.24. The lowest BCUT2D eigenvalue weighted by atomic mass is 10.2. The van der Waals surface area contributed by atoms with E-state index in [0.29, 0.717) is 12.2 Å². The molecule has 0 saturated heterocycles. The summed E-state index contributed by atoms with van der Waals surface area (Å²) in [6, 6.07) is 5.53. The average Bonchev–Trinajstić information content (AvgIpc) is 2.50. The highest BCUT2D eigenvalue weighted by atomic mass is 79.9. The van der Waals surface area contributed by atoms with Crippen LogP contribution in [0.5, 0.6) is 0 Å². The number of rotatable bonds is 7. The number of amides is 3. The van der Waals surface area contributed by atoms with Gasteiger partial charge in [0, 0.05) is 10.2 Å². The number of aryl methyl sites for hydroxylation is 1. The summed E-state index contributed by atoms with van der Waals surface area (Å²) >= 11 is 3.41. The number of hydrogen-bond donors (Lipinski definition) is 3. The topological polar surface area (TPSA) is 88.9 Å². The molecule has 0 heterocycles. The molecule has 0 saturated carbocycles. The molecule has 3 amide bonds. The Balaban J connectivity index is 2.51. The van der Waals surface area contributed by atoms with Gasteiger partial charge in [0.05, 0.1) is 13.2 Å². The Morgan fingerprint density at radius 1 is 1.17 bits per heavy atom. The Bertz CT molecular complexity index is 607. The monoisotopic (exact) mass is 400 g/mol. The summed E-state index contributed by atoms with van der Waals surface area (Å²) in [5.41, 5.74) is 1.72. The summed E-state index contributed by atoms with van der Waals surface area (Å²) in [4.78, 5) is 35.8. The van der Waals surface area contributed by atoms with Gasteiger partial charge in [-0.2, -0.15) is 0 Å². The van der Waals surface area contributed by atoms with Crippen LogP contribution >= 0.6 is 15.9 Å². The van der Waals surface area contributed by atoms with Crippen molar-refractivity contribution in [3.8, 4) is 0 Å². The van der Waals surface area contributed by atoms with Gasteiger partial charge in [0.2, 0.25) is 0 Å². The fourth-order valence-electron chi connectivity index (χ4n) is 2.02. The predicted octanol–water partition coefficient (Wildman–Crippen LogP) is 0.874. The molecule has 0 aliphatic heterocycles. The molecule has 0 fully saturated rings. The van der Waals surface area contributed by atoms with Gasteiger partial charge in [0.1, 0.15) is 0 Å². The van der Waals surface area contributed by atoms with Crippen LogP contribution in [0.15, 0.2) is 22.7 Å². The van der Waals surface area contributed by atoms with E-state index >= 15 is 0 Å². The van der Waals surface area contributed by atoms with Crippen molar-refractivity contribution < 1.29 is 24.0 Å². The molecule has 8 heteroatoms. The number of hydrogen-bond acceptors (Lipinski definition) is 4. The third kappa shape index (κ3) is 7.10. The van der Waals surface area contributed by atoms with Crippen LogP contribution < -0.4 is 15.5 Å². The lowest BCUT2D eigenvalue weighted by Gasteiger charge is -2.16. The fourth-order valence-corrected chi connectivity index (χ4v) is 2.27. The number of carbonyl (C=O) groups excluding carboxylic acids is 3. The van der Waals surface area contributed by atoms with Crippen LogP contribution in [-0.2, 0) is 14.3 Å². The molecule has 1 atom stereocenters. The lowest BCUT2D eigenvalue weighted by Crippen LogP contribution is -3.14. The molecule has 1 aromatic rings. The lowest BCUT2D eigenvalue weighted by molar-refractivity contribution is -0.881. The van der Waals surface area contributed by atoms with Crippen molar-refractivity contribution in [2.45, 2.75) is 20.8 Å². The van der Waals surface area contributed by atoms with E-state index in [0.717, 1.165) is 14.9 Å². The summed E-state index contributed by atoms with van der Waals surface area (Å²) in [6.45, 7) is 6.36. The number of nitrogens with one attached hydrogen (secondary N) is 3. The number of quaternary nitrogens is 1. The Kier molecular flexibility index (Phi) is 8.42. The molecule has 7 nitrogen and oxygen atoms in total. The standard InChI is InChI=1S/C16H22BrN3O4/c1-4-20(10-15(22)19-16(23)24-5-2)9-14(21)18-12-6-7-13(17)11(3)8-12/h6-8H,4-5,9-10H2,1-3H3,(H,18,21)(H,19,22,23)/p+1. The maximum Gasteiger partial charge on any atom is 0.414 e. The number of ether oxygens (including phenoxy) is 1. The van der Waals surface area contributed by atoms with E-state index in [-0.39, 0.29) is 25.6 Å². The number of alkyl carbamates (subject to hydrolysis) is 1. The first-order valence-corrected chi connectivity index (χ1v) is 8.51. The third-order valence-electron chi connectivity index (χ3n) is 3.28. The molecule has 132 valence electrons. The van der Waals surface area contributed by atoms with Crippen molar-refractivity contribution >= 4 is 39.5 Å². The molecule has 1 aromatic carbocycles. The molecule has 0 aliphatic rings. The maximum atomic E-state index is 12.1. The van der Waals surface area contributed by atoms with Gasteiger partial charge in [-0.3, -0.25) is 14.9 Å². The van der Waals surface area contributed by atoms with Crippen molar-refractivity contribution in [1.82, 2.24) is 5.32 Å². The van der Waals surface area contributed by atoms with Crippen LogP contribution in [0.2, 0.25) is 0 Å². The van der Waals surface area contributed by atoms with E-state index in [1.807, 2.05) is 26.0 Å². The Labute approximate surface area is 149 Å². The van der Waals surface area contributed by atoms with Crippen LogP contribution in [0.25, 0.3) is 0 Å². The smallest absolute Gasteiger partial charge is 0.414 e. The zero-order valence-electron chi connectivity index (χ0n) is 14.1. The zero-order chi connectivity index (χ0) is 18.1. The van der Waals surface area contributed by atoms with Crippen LogP contribution in [0, 0.1) is 6.92 Å². The van der Waals surface area contributed by atoms with E-state index in [2.05, 4.69) is 31.3 Å². The first kappa shape index (κ1) is 20.1. The number of imide groups is 1. The van der Waals surface area contributed by atoms with Crippen LogP contribution in [0.1, 0.15) is 19.4 Å². The third-order valence-corrected chi connectivity index (χ3v) is 4.17. The first-order valence-electron chi connectivity index (χ1n) is 7.71. The number of anilines is 1. The van der Waals surface area contributed by atoms with Crippen molar-refractivity contribution in [2.75, 3.05) is 31.6 Å².